The highest BCUT2D eigenvalue weighted by Gasteiger charge is 2.20. The first-order chi connectivity index (χ1) is 14.2. The summed E-state index contributed by atoms with van der Waals surface area (Å²) in [6.07, 6.45) is 4.04. The van der Waals surface area contributed by atoms with Crippen LogP contribution >= 0.6 is 11.6 Å². The van der Waals surface area contributed by atoms with E-state index in [1.807, 2.05) is 0 Å². The van der Waals surface area contributed by atoms with Crippen LogP contribution in [0.15, 0.2) is 60.2 Å². The lowest BCUT2D eigenvalue weighted by atomic mass is 10.2. The molecule has 30 heavy (non-hydrogen) atoms. The molecule has 160 valence electrons. The van der Waals surface area contributed by atoms with Gasteiger partial charge in [-0.2, -0.15) is 5.10 Å². The standard InChI is InChI=1S/C20H22ClN3O5S/c1-4-11-29-18-10-5-15(12-19(18)28-2)13-22-23-20(25)14-24(30(3,26)27)17-8-6-16(21)7-9-17/h4-10,12-13H,1,11,14H2,2-3H3,(H,23,25)/b22-13-. The van der Waals surface area contributed by atoms with E-state index in [9.17, 15) is 13.2 Å². The van der Waals surface area contributed by atoms with Crippen LogP contribution in [-0.2, 0) is 14.8 Å². The summed E-state index contributed by atoms with van der Waals surface area (Å²) in [4.78, 5) is 12.2. The molecular formula is C20H22ClN3O5S. The van der Waals surface area contributed by atoms with E-state index in [0.29, 0.717) is 34.4 Å². The molecule has 0 aliphatic carbocycles. The Kier molecular flexibility index (Phi) is 8.25. The molecule has 0 aliphatic heterocycles. The van der Waals surface area contributed by atoms with Crippen LogP contribution in [0.3, 0.4) is 0 Å². The van der Waals surface area contributed by atoms with Crippen LogP contribution in [-0.4, -0.2) is 47.1 Å². The van der Waals surface area contributed by atoms with Crippen molar-refractivity contribution in [2.24, 2.45) is 5.10 Å². The quantitative estimate of drug-likeness (QED) is 0.340. The zero-order chi connectivity index (χ0) is 22.1. The monoisotopic (exact) mass is 451 g/mol. The van der Waals surface area contributed by atoms with Crippen LogP contribution in [0.5, 0.6) is 11.5 Å². The SMILES string of the molecule is C=CCOc1ccc(/C=N\NC(=O)CN(c2ccc(Cl)cc2)S(C)(=O)=O)cc1OC. The van der Waals surface area contributed by atoms with Crippen molar-refractivity contribution in [3.8, 4) is 11.5 Å². The van der Waals surface area contributed by atoms with Gasteiger partial charge in [0.15, 0.2) is 11.5 Å². The third kappa shape index (κ3) is 6.78. The number of carbonyl (C=O) groups is 1. The molecule has 2 rings (SSSR count). The molecule has 0 aromatic heterocycles. The maximum Gasteiger partial charge on any atom is 0.260 e. The van der Waals surface area contributed by atoms with Gasteiger partial charge in [-0.3, -0.25) is 9.10 Å². The highest BCUT2D eigenvalue weighted by Crippen LogP contribution is 2.27. The first-order valence-electron chi connectivity index (χ1n) is 8.71. The number of amides is 1. The Morgan fingerprint density at radius 1 is 1.23 bits per heavy atom. The van der Waals surface area contributed by atoms with Gasteiger partial charge < -0.3 is 9.47 Å². The average Bonchev–Trinajstić information content (AvgIpc) is 2.71. The van der Waals surface area contributed by atoms with Crippen molar-refractivity contribution in [2.45, 2.75) is 0 Å². The van der Waals surface area contributed by atoms with Crippen molar-refractivity contribution in [3.05, 3.63) is 65.7 Å². The molecule has 1 amide bonds. The van der Waals surface area contributed by atoms with Gasteiger partial charge in [0.05, 0.1) is 25.3 Å². The second-order valence-electron chi connectivity index (χ2n) is 6.05. The lowest BCUT2D eigenvalue weighted by molar-refractivity contribution is -0.119. The lowest BCUT2D eigenvalue weighted by Crippen LogP contribution is -2.38. The third-order valence-electron chi connectivity index (χ3n) is 3.75. The van der Waals surface area contributed by atoms with Gasteiger partial charge in [0.25, 0.3) is 5.91 Å². The molecule has 0 bridgehead atoms. The Morgan fingerprint density at radius 2 is 1.93 bits per heavy atom. The molecule has 0 unspecified atom stereocenters. The summed E-state index contributed by atoms with van der Waals surface area (Å²) in [7, 11) is -2.18. The van der Waals surface area contributed by atoms with Gasteiger partial charge >= 0.3 is 0 Å². The van der Waals surface area contributed by atoms with E-state index in [0.717, 1.165) is 10.6 Å². The minimum atomic E-state index is -3.68. The number of hydrazone groups is 1. The Labute approximate surface area is 180 Å². The van der Waals surface area contributed by atoms with Crippen LogP contribution in [0.1, 0.15) is 5.56 Å². The van der Waals surface area contributed by atoms with Crippen molar-refractivity contribution in [2.75, 3.05) is 30.8 Å². The lowest BCUT2D eigenvalue weighted by Gasteiger charge is -2.21. The fourth-order valence-electron chi connectivity index (χ4n) is 2.38. The highest BCUT2D eigenvalue weighted by atomic mass is 35.5. The van der Waals surface area contributed by atoms with Crippen LogP contribution in [0.2, 0.25) is 5.02 Å². The molecule has 0 saturated carbocycles. The van der Waals surface area contributed by atoms with Gasteiger partial charge in [-0.05, 0) is 48.0 Å². The minimum absolute atomic E-state index is 0.320. The molecule has 2 aromatic carbocycles. The van der Waals surface area contributed by atoms with E-state index in [2.05, 4.69) is 17.1 Å². The summed E-state index contributed by atoms with van der Waals surface area (Å²) in [5.74, 6) is 0.438. The second-order valence-corrected chi connectivity index (χ2v) is 8.39. The van der Waals surface area contributed by atoms with E-state index in [-0.39, 0.29) is 0 Å². The van der Waals surface area contributed by atoms with Crippen LogP contribution < -0.4 is 19.2 Å². The van der Waals surface area contributed by atoms with Crippen molar-refractivity contribution >= 4 is 39.4 Å². The summed E-state index contributed by atoms with van der Waals surface area (Å²) in [5, 5.41) is 4.33. The third-order valence-corrected chi connectivity index (χ3v) is 5.14. The number of sulfonamides is 1. The molecule has 1 N–H and O–H groups in total. The normalized spacial score (nSPS) is 11.2. The van der Waals surface area contributed by atoms with E-state index < -0.39 is 22.5 Å². The topological polar surface area (TPSA) is 97.3 Å². The number of benzene rings is 2. The molecule has 0 radical (unpaired) electrons. The number of anilines is 1. The number of halogens is 1. The number of hydrogen-bond acceptors (Lipinski definition) is 6. The van der Waals surface area contributed by atoms with Crippen molar-refractivity contribution < 1.29 is 22.7 Å². The molecule has 0 saturated heterocycles. The first kappa shape index (κ1) is 23.2. The van der Waals surface area contributed by atoms with Crippen LogP contribution in [0.25, 0.3) is 0 Å². The summed E-state index contributed by atoms with van der Waals surface area (Å²) in [6, 6.07) is 11.2. The minimum Gasteiger partial charge on any atom is -0.493 e. The maximum absolute atomic E-state index is 12.2. The molecule has 8 nitrogen and oxygen atoms in total. The van der Waals surface area contributed by atoms with Gasteiger partial charge in [-0.25, -0.2) is 13.8 Å². The smallest absolute Gasteiger partial charge is 0.260 e. The number of hydrogen-bond donors (Lipinski definition) is 1. The molecule has 2 aromatic rings. The van der Waals surface area contributed by atoms with Crippen LogP contribution in [0.4, 0.5) is 5.69 Å². The van der Waals surface area contributed by atoms with Crippen LogP contribution in [0, 0.1) is 0 Å². The molecule has 0 atom stereocenters. The number of methoxy groups -OCH3 is 1. The summed E-state index contributed by atoms with van der Waals surface area (Å²) in [6.45, 7) is 3.49. The zero-order valence-corrected chi connectivity index (χ0v) is 18.1. The Hall–Kier alpha value is -3.04. The maximum atomic E-state index is 12.2. The number of ether oxygens (including phenoxy) is 2. The van der Waals surface area contributed by atoms with E-state index in [4.69, 9.17) is 21.1 Å². The van der Waals surface area contributed by atoms with E-state index in [1.54, 1.807) is 36.4 Å². The largest absolute Gasteiger partial charge is 0.493 e. The van der Waals surface area contributed by atoms with E-state index >= 15 is 0 Å². The van der Waals surface area contributed by atoms with Gasteiger partial charge in [-0.1, -0.05) is 24.3 Å². The predicted molar refractivity (Wildman–Crippen MR) is 118 cm³/mol. The van der Waals surface area contributed by atoms with Crippen molar-refractivity contribution in [1.82, 2.24) is 5.43 Å². The fourth-order valence-corrected chi connectivity index (χ4v) is 3.37. The Balaban J connectivity index is 2.05. The fraction of sp³-hybridized carbons (Fsp3) is 0.200. The second kappa shape index (κ2) is 10.7. The summed E-state index contributed by atoms with van der Waals surface area (Å²) in [5.41, 5.74) is 3.28. The van der Waals surface area contributed by atoms with Gasteiger partial charge in [0.1, 0.15) is 13.2 Å². The van der Waals surface area contributed by atoms with Gasteiger partial charge in [0.2, 0.25) is 10.0 Å². The van der Waals surface area contributed by atoms with Crippen molar-refractivity contribution in [1.29, 1.82) is 0 Å². The molecule has 10 heteroatoms. The molecule has 0 spiro atoms. The molecule has 0 aliphatic rings. The Morgan fingerprint density at radius 3 is 2.53 bits per heavy atom. The predicted octanol–water partition coefficient (Wildman–Crippen LogP) is 2.83. The van der Waals surface area contributed by atoms with E-state index in [1.165, 1.54) is 25.5 Å². The van der Waals surface area contributed by atoms with Gasteiger partial charge in [0, 0.05) is 5.02 Å². The number of carbonyl (C=O) groups excluding carboxylic acids is 1. The average molecular weight is 452 g/mol. The van der Waals surface area contributed by atoms with Gasteiger partial charge in [-0.15, -0.1) is 0 Å². The molecule has 0 fully saturated rings. The number of rotatable bonds is 10. The first-order valence-corrected chi connectivity index (χ1v) is 10.9. The molecule has 0 heterocycles. The van der Waals surface area contributed by atoms with Crippen molar-refractivity contribution in [3.63, 3.8) is 0 Å². The zero-order valence-electron chi connectivity index (χ0n) is 16.5. The number of nitrogens with one attached hydrogen (secondary N) is 1. The number of nitrogens with zero attached hydrogens (tertiary/aromatic N) is 2. The Bertz CT molecular complexity index is 1020. The summed E-state index contributed by atoms with van der Waals surface area (Å²) >= 11 is 5.83. The summed E-state index contributed by atoms with van der Waals surface area (Å²) < 4.78 is 35.8. The molecular weight excluding hydrogens is 430 g/mol. The highest BCUT2D eigenvalue weighted by molar-refractivity contribution is 7.92.